The third-order valence-electron chi connectivity index (χ3n) is 5.52. The summed E-state index contributed by atoms with van der Waals surface area (Å²) in [5.41, 5.74) is 1.81. The molecule has 10 heteroatoms. The minimum absolute atomic E-state index is 0.110. The summed E-state index contributed by atoms with van der Waals surface area (Å²) in [6.45, 7) is 1.77. The zero-order valence-electron chi connectivity index (χ0n) is 20.4. The number of nitrogens with one attached hydrogen (secondary N) is 2. The number of anilines is 2. The number of urea groups is 1. The van der Waals surface area contributed by atoms with Gasteiger partial charge in [-0.1, -0.05) is 48.5 Å². The molecule has 9 nitrogen and oxygen atoms in total. The molecule has 3 aromatic carbocycles. The summed E-state index contributed by atoms with van der Waals surface area (Å²) in [5.74, 6) is 0.231. The van der Waals surface area contributed by atoms with Crippen LogP contribution in [0.3, 0.4) is 0 Å². The second-order valence-corrected chi connectivity index (χ2v) is 9.51. The molecule has 0 fully saturated rings. The van der Waals surface area contributed by atoms with Crippen molar-refractivity contribution in [2.24, 2.45) is 0 Å². The average Bonchev–Trinajstić information content (AvgIpc) is 2.88. The molecule has 0 spiro atoms. The average molecular weight is 511 g/mol. The molecule has 0 saturated heterocycles. The number of amides is 3. The largest absolute Gasteiger partial charge is 0.497 e. The van der Waals surface area contributed by atoms with E-state index in [-0.39, 0.29) is 13.0 Å². The topological polar surface area (TPSA) is 108 Å². The van der Waals surface area contributed by atoms with E-state index in [2.05, 4.69) is 5.32 Å². The highest BCUT2D eigenvalue weighted by Crippen LogP contribution is 2.20. The van der Waals surface area contributed by atoms with Gasteiger partial charge in [0, 0.05) is 25.7 Å². The minimum Gasteiger partial charge on any atom is -0.497 e. The highest BCUT2D eigenvalue weighted by molar-refractivity contribution is 7.91. The lowest BCUT2D eigenvalue weighted by Gasteiger charge is -2.26. The standard InChI is InChI=1S/C26H30N4O5S/c1-4-30(22-13-9-6-10-14-22)36(33,34)28-26(32)27-24(19-20-11-7-5-8-12-20)25(31)29(2)21-15-17-23(35-3)18-16-21/h5-18,24H,4,19H2,1-3H3,(H2,27,28,32). The van der Waals surface area contributed by atoms with Gasteiger partial charge in [-0.2, -0.15) is 8.42 Å². The van der Waals surface area contributed by atoms with Gasteiger partial charge in [0.2, 0.25) is 5.91 Å². The van der Waals surface area contributed by atoms with Crippen LogP contribution in [0.15, 0.2) is 84.9 Å². The van der Waals surface area contributed by atoms with Crippen LogP contribution in [-0.4, -0.2) is 47.1 Å². The Kier molecular flexibility index (Phi) is 8.91. The second-order valence-electron chi connectivity index (χ2n) is 7.92. The lowest BCUT2D eigenvalue weighted by atomic mass is 10.0. The van der Waals surface area contributed by atoms with Crippen LogP contribution in [0.1, 0.15) is 12.5 Å². The molecule has 0 heterocycles. The summed E-state index contributed by atoms with van der Waals surface area (Å²) in [6.07, 6.45) is 0.170. The Morgan fingerprint density at radius 1 is 0.889 bits per heavy atom. The number of para-hydroxylation sites is 1. The fourth-order valence-corrected chi connectivity index (χ4v) is 4.80. The summed E-state index contributed by atoms with van der Waals surface area (Å²) in [5, 5.41) is 2.55. The molecule has 1 unspecified atom stereocenters. The van der Waals surface area contributed by atoms with E-state index in [9.17, 15) is 18.0 Å². The molecule has 0 radical (unpaired) electrons. The zero-order valence-corrected chi connectivity index (χ0v) is 21.2. The minimum atomic E-state index is -4.22. The number of carbonyl (C=O) groups excluding carboxylic acids is 2. The molecule has 3 aromatic rings. The van der Waals surface area contributed by atoms with Crippen LogP contribution in [0, 0.1) is 0 Å². The number of rotatable bonds is 10. The summed E-state index contributed by atoms with van der Waals surface area (Å²) in [4.78, 5) is 27.7. The van der Waals surface area contributed by atoms with Crippen LogP contribution in [0.25, 0.3) is 0 Å². The van der Waals surface area contributed by atoms with E-state index in [1.807, 2.05) is 35.1 Å². The van der Waals surface area contributed by atoms with Gasteiger partial charge in [0.05, 0.1) is 12.8 Å². The van der Waals surface area contributed by atoms with Crippen molar-refractivity contribution in [1.29, 1.82) is 0 Å². The SMILES string of the molecule is CCN(c1ccccc1)S(=O)(=O)NC(=O)NC(Cc1ccccc1)C(=O)N(C)c1ccc(OC)cc1. The van der Waals surface area contributed by atoms with Crippen molar-refractivity contribution in [2.45, 2.75) is 19.4 Å². The molecule has 0 saturated carbocycles. The molecule has 190 valence electrons. The van der Waals surface area contributed by atoms with E-state index >= 15 is 0 Å². The van der Waals surface area contributed by atoms with E-state index in [0.29, 0.717) is 17.1 Å². The van der Waals surface area contributed by atoms with Crippen molar-refractivity contribution in [3.8, 4) is 5.75 Å². The summed E-state index contributed by atoms with van der Waals surface area (Å²) in [6, 6.07) is 22.5. The maximum atomic E-state index is 13.4. The first kappa shape index (κ1) is 26.6. The highest BCUT2D eigenvalue weighted by Gasteiger charge is 2.29. The Balaban J connectivity index is 1.80. The first-order valence-corrected chi connectivity index (χ1v) is 12.8. The van der Waals surface area contributed by atoms with E-state index in [4.69, 9.17) is 4.74 Å². The number of nitrogens with zero attached hydrogens (tertiary/aromatic N) is 2. The lowest BCUT2D eigenvalue weighted by Crippen LogP contribution is -2.54. The van der Waals surface area contributed by atoms with Crippen molar-refractivity contribution < 1.29 is 22.7 Å². The van der Waals surface area contributed by atoms with Crippen LogP contribution in [-0.2, 0) is 21.4 Å². The van der Waals surface area contributed by atoms with Gasteiger partial charge in [0.1, 0.15) is 11.8 Å². The van der Waals surface area contributed by atoms with Gasteiger partial charge in [-0.05, 0) is 48.9 Å². The van der Waals surface area contributed by atoms with Crippen molar-refractivity contribution in [2.75, 3.05) is 29.9 Å². The number of carbonyl (C=O) groups is 2. The second kappa shape index (κ2) is 12.1. The van der Waals surface area contributed by atoms with E-state index < -0.39 is 28.2 Å². The Morgan fingerprint density at radius 2 is 1.47 bits per heavy atom. The van der Waals surface area contributed by atoms with Gasteiger partial charge in [-0.3, -0.25) is 9.10 Å². The maximum absolute atomic E-state index is 13.4. The molecular formula is C26H30N4O5S. The summed E-state index contributed by atoms with van der Waals surface area (Å²) < 4.78 is 34.2. The number of ether oxygens (including phenoxy) is 1. The molecule has 3 rings (SSSR count). The quantitative estimate of drug-likeness (QED) is 0.435. The third-order valence-corrected chi connectivity index (χ3v) is 7.01. The number of hydrogen-bond acceptors (Lipinski definition) is 5. The first-order chi connectivity index (χ1) is 17.2. The van der Waals surface area contributed by atoms with Gasteiger partial charge in [-0.15, -0.1) is 0 Å². The Bertz CT molecular complexity index is 1250. The first-order valence-electron chi connectivity index (χ1n) is 11.4. The molecule has 0 aromatic heterocycles. The Labute approximate surface area is 211 Å². The van der Waals surface area contributed by atoms with Gasteiger partial charge < -0.3 is 15.0 Å². The van der Waals surface area contributed by atoms with Gasteiger partial charge in [0.15, 0.2) is 0 Å². The molecular weight excluding hydrogens is 480 g/mol. The van der Waals surface area contributed by atoms with E-state index in [1.165, 1.54) is 4.90 Å². The maximum Gasteiger partial charge on any atom is 0.330 e. The summed E-state index contributed by atoms with van der Waals surface area (Å²) in [7, 11) is -1.08. The molecule has 1 atom stereocenters. The zero-order chi connectivity index (χ0) is 26.1. The molecule has 0 aliphatic heterocycles. The predicted octanol–water partition coefficient (Wildman–Crippen LogP) is 3.34. The van der Waals surface area contributed by atoms with Gasteiger partial charge in [0.25, 0.3) is 0 Å². The number of benzene rings is 3. The lowest BCUT2D eigenvalue weighted by molar-refractivity contribution is -0.120. The van der Waals surface area contributed by atoms with Crippen molar-refractivity contribution in [3.05, 3.63) is 90.5 Å². The van der Waals surface area contributed by atoms with Crippen LogP contribution in [0.5, 0.6) is 5.75 Å². The van der Waals surface area contributed by atoms with Crippen molar-refractivity contribution >= 4 is 33.5 Å². The number of hydrogen-bond donors (Lipinski definition) is 2. The molecule has 36 heavy (non-hydrogen) atoms. The van der Waals surface area contributed by atoms with Gasteiger partial charge >= 0.3 is 16.2 Å². The fraction of sp³-hybridized carbons (Fsp3) is 0.231. The van der Waals surface area contributed by atoms with Crippen LogP contribution >= 0.6 is 0 Å². The molecule has 0 aliphatic carbocycles. The molecule has 0 aliphatic rings. The normalized spacial score (nSPS) is 11.8. The van der Waals surface area contributed by atoms with Crippen molar-refractivity contribution in [3.63, 3.8) is 0 Å². The van der Waals surface area contributed by atoms with Gasteiger partial charge in [-0.25, -0.2) is 9.52 Å². The Morgan fingerprint density at radius 3 is 2.03 bits per heavy atom. The number of methoxy groups -OCH3 is 1. The fourth-order valence-electron chi connectivity index (χ4n) is 3.66. The monoisotopic (exact) mass is 510 g/mol. The van der Waals surface area contributed by atoms with Crippen LogP contribution in [0.2, 0.25) is 0 Å². The molecule has 2 N–H and O–H groups in total. The molecule has 3 amide bonds. The predicted molar refractivity (Wildman–Crippen MR) is 140 cm³/mol. The van der Waals surface area contributed by atoms with E-state index in [0.717, 1.165) is 9.87 Å². The third kappa shape index (κ3) is 6.76. The summed E-state index contributed by atoms with van der Waals surface area (Å²) >= 11 is 0. The number of likely N-dealkylation sites (N-methyl/N-ethyl adjacent to an activating group) is 1. The highest BCUT2D eigenvalue weighted by atomic mass is 32.2. The van der Waals surface area contributed by atoms with Crippen LogP contribution < -0.4 is 24.0 Å². The Hall–Kier alpha value is -4.05. The van der Waals surface area contributed by atoms with E-state index in [1.54, 1.807) is 75.7 Å². The molecule has 0 bridgehead atoms. The smallest absolute Gasteiger partial charge is 0.330 e. The van der Waals surface area contributed by atoms with Crippen molar-refractivity contribution in [1.82, 2.24) is 10.0 Å². The van der Waals surface area contributed by atoms with Crippen LogP contribution in [0.4, 0.5) is 16.2 Å².